The maximum atomic E-state index is 9.07. The Morgan fingerprint density at radius 3 is 2.81 bits per heavy atom. The molecule has 0 aliphatic carbocycles. The number of pyridine rings is 2. The van der Waals surface area contributed by atoms with Crippen molar-refractivity contribution in [2.75, 3.05) is 5.32 Å². The van der Waals surface area contributed by atoms with Gasteiger partial charge in [0.1, 0.15) is 5.75 Å². The van der Waals surface area contributed by atoms with E-state index in [9.17, 15) is 0 Å². The van der Waals surface area contributed by atoms with Gasteiger partial charge in [-0.15, -0.1) is 0 Å². The lowest BCUT2D eigenvalue weighted by molar-refractivity contribution is 0.472. The third kappa shape index (κ3) is 2.61. The summed E-state index contributed by atoms with van der Waals surface area (Å²) in [6, 6.07) is 5.05. The van der Waals surface area contributed by atoms with Crippen molar-refractivity contribution in [2.24, 2.45) is 0 Å². The molecule has 0 aliphatic heterocycles. The van der Waals surface area contributed by atoms with Gasteiger partial charge in [0, 0.05) is 6.20 Å². The van der Waals surface area contributed by atoms with Crippen molar-refractivity contribution in [3.8, 4) is 5.75 Å². The maximum Gasteiger partial charge on any atom is 0.133 e. The summed E-state index contributed by atoms with van der Waals surface area (Å²) in [4.78, 5) is 8.01. The summed E-state index contributed by atoms with van der Waals surface area (Å²) in [6.07, 6.45) is 4.69. The van der Waals surface area contributed by atoms with Gasteiger partial charge in [0.25, 0.3) is 0 Å². The molecule has 0 amide bonds. The average molecular weight is 236 g/mol. The van der Waals surface area contributed by atoms with Gasteiger partial charge in [-0.2, -0.15) is 0 Å². The fourth-order valence-electron chi connectivity index (χ4n) is 1.21. The Labute approximate surface area is 97.9 Å². The van der Waals surface area contributed by atoms with E-state index in [0.717, 1.165) is 11.4 Å². The van der Waals surface area contributed by atoms with Crippen molar-refractivity contribution < 1.29 is 5.11 Å². The SMILES string of the molecule is Oc1ccc(CNc2cnccc2Cl)nc1. The third-order valence-corrected chi connectivity index (χ3v) is 2.37. The van der Waals surface area contributed by atoms with E-state index in [-0.39, 0.29) is 5.75 Å². The van der Waals surface area contributed by atoms with Crippen LogP contribution in [-0.4, -0.2) is 15.1 Å². The maximum absolute atomic E-state index is 9.07. The summed E-state index contributed by atoms with van der Waals surface area (Å²) in [5.74, 6) is 0.156. The van der Waals surface area contributed by atoms with Gasteiger partial charge in [0.2, 0.25) is 0 Å². The van der Waals surface area contributed by atoms with Crippen LogP contribution in [0.2, 0.25) is 5.02 Å². The van der Waals surface area contributed by atoms with Crippen LogP contribution in [0.5, 0.6) is 5.75 Å². The number of aromatic hydroxyl groups is 1. The highest BCUT2D eigenvalue weighted by Crippen LogP contribution is 2.19. The molecule has 0 saturated heterocycles. The van der Waals surface area contributed by atoms with Crippen LogP contribution < -0.4 is 5.32 Å². The highest BCUT2D eigenvalue weighted by Gasteiger charge is 1.99. The van der Waals surface area contributed by atoms with Crippen molar-refractivity contribution in [3.63, 3.8) is 0 Å². The van der Waals surface area contributed by atoms with E-state index in [1.165, 1.54) is 6.20 Å². The fraction of sp³-hybridized carbons (Fsp3) is 0.0909. The third-order valence-electron chi connectivity index (χ3n) is 2.04. The Morgan fingerprint density at radius 1 is 1.25 bits per heavy atom. The number of aromatic nitrogens is 2. The first-order valence-corrected chi connectivity index (χ1v) is 5.11. The molecule has 0 unspecified atom stereocenters. The first kappa shape index (κ1) is 10.7. The highest BCUT2D eigenvalue weighted by molar-refractivity contribution is 6.33. The largest absolute Gasteiger partial charge is 0.506 e. The van der Waals surface area contributed by atoms with Gasteiger partial charge in [-0.05, 0) is 18.2 Å². The van der Waals surface area contributed by atoms with Crippen molar-refractivity contribution in [3.05, 3.63) is 47.5 Å². The second-order valence-electron chi connectivity index (χ2n) is 3.22. The number of hydrogen-bond donors (Lipinski definition) is 2. The fourth-order valence-corrected chi connectivity index (χ4v) is 1.39. The van der Waals surface area contributed by atoms with Gasteiger partial charge in [-0.25, -0.2) is 0 Å². The molecule has 2 N–H and O–H groups in total. The first-order chi connectivity index (χ1) is 7.75. The lowest BCUT2D eigenvalue weighted by Crippen LogP contribution is -2.01. The molecule has 0 bridgehead atoms. The monoisotopic (exact) mass is 235 g/mol. The number of anilines is 1. The summed E-state index contributed by atoms with van der Waals surface area (Å²) in [7, 11) is 0. The van der Waals surface area contributed by atoms with Gasteiger partial charge >= 0.3 is 0 Å². The standard InChI is InChI=1S/C11H10ClN3O/c12-10-3-4-13-7-11(10)15-5-8-1-2-9(16)6-14-8/h1-4,6-7,15-16H,5H2. The molecule has 0 aliphatic rings. The van der Waals surface area contributed by atoms with Crippen LogP contribution in [0.3, 0.4) is 0 Å². The van der Waals surface area contributed by atoms with Crippen LogP contribution in [0.25, 0.3) is 0 Å². The molecule has 2 aromatic rings. The predicted molar refractivity (Wildman–Crippen MR) is 62.5 cm³/mol. The Kier molecular flexibility index (Phi) is 3.22. The normalized spacial score (nSPS) is 10.1. The molecule has 5 heteroatoms. The van der Waals surface area contributed by atoms with Crippen molar-refractivity contribution in [2.45, 2.75) is 6.54 Å². The second-order valence-corrected chi connectivity index (χ2v) is 3.62. The van der Waals surface area contributed by atoms with Crippen molar-refractivity contribution in [1.82, 2.24) is 9.97 Å². The van der Waals surface area contributed by atoms with E-state index in [1.807, 2.05) is 0 Å². The van der Waals surface area contributed by atoms with Crippen LogP contribution in [0.4, 0.5) is 5.69 Å². The van der Waals surface area contributed by atoms with E-state index in [2.05, 4.69) is 15.3 Å². The summed E-state index contributed by atoms with van der Waals surface area (Å²) in [6.45, 7) is 0.533. The summed E-state index contributed by atoms with van der Waals surface area (Å²) in [5, 5.41) is 12.8. The molecule has 2 heterocycles. The van der Waals surface area contributed by atoms with Crippen LogP contribution >= 0.6 is 11.6 Å². The Hall–Kier alpha value is -1.81. The van der Waals surface area contributed by atoms with Crippen LogP contribution in [-0.2, 0) is 6.54 Å². The van der Waals surface area contributed by atoms with E-state index in [4.69, 9.17) is 16.7 Å². The molecule has 0 saturated carbocycles. The lowest BCUT2D eigenvalue weighted by Gasteiger charge is -2.06. The molecule has 82 valence electrons. The number of hydrogen-bond acceptors (Lipinski definition) is 4. The molecular formula is C11H10ClN3O. The van der Waals surface area contributed by atoms with Crippen LogP contribution in [0.1, 0.15) is 5.69 Å². The molecule has 2 aromatic heterocycles. The summed E-state index contributed by atoms with van der Waals surface area (Å²) in [5.41, 5.74) is 1.58. The lowest BCUT2D eigenvalue weighted by atomic mass is 10.3. The highest BCUT2D eigenvalue weighted by atomic mass is 35.5. The number of nitrogens with zero attached hydrogens (tertiary/aromatic N) is 2. The summed E-state index contributed by atoms with van der Waals surface area (Å²) < 4.78 is 0. The molecule has 0 radical (unpaired) electrons. The smallest absolute Gasteiger partial charge is 0.133 e. The predicted octanol–water partition coefficient (Wildman–Crippen LogP) is 2.45. The minimum Gasteiger partial charge on any atom is -0.506 e. The van der Waals surface area contributed by atoms with Crippen molar-refractivity contribution >= 4 is 17.3 Å². The minimum absolute atomic E-state index is 0.156. The topological polar surface area (TPSA) is 58.0 Å². The van der Waals surface area contributed by atoms with Gasteiger partial charge in [-0.3, -0.25) is 9.97 Å². The Balaban J connectivity index is 2.02. The first-order valence-electron chi connectivity index (χ1n) is 4.73. The van der Waals surface area contributed by atoms with Gasteiger partial charge in [-0.1, -0.05) is 11.6 Å². The van der Waals surface area contributed by atoms with Gasteiger partial charge in [0.15, 0.2) is 0 Å². The van der Waals surface area contributed by atoms with E-state index in [1.54, 1.807) is 30.6 Å². The van der Waals surface area contributed by atoms with Gasteiger partial charge < -0.3 is 10.4 Å². The van der Waals surface area contributed by atoms with E-state index >= 15 is 0 Å². The quantitative estimate of drug-likeness (QED) is 0.858. The molecule has 0 atom stereocenters. The number of nitrogens with one attached hydrogen (secondary N) is 1. The minimum atomic E-state index is 0.156. The average Bonchev–Trinajstić information content (AvgIpc) is 2.30. The number of rotatable bonds is 3. The van der Waals surface area contributed by atoms with E-state index in [0.29, 0.717) is 11.6 Å². The molecular weight excluding hydrogens is 226 g/mol. The molecule has 4 nitrogen and oxygen atoms in total. The van der Waals surface area contributed by atoms with Crippen LogP contribution in [0, 0.1) is 0 Å². The molecule has 0 fully saturated rings. The second kappa shape index (κ2) is 4.81. The Bertz CT molecular complexity index is 473. The zero-order valence-electron chi connectivity index (χ0n) is 8.39. The molecule has 2 rings (SSSR count). The van der Waals surface area contributed by atoms with Crippen molar-refractivity contribution in [1.29, 1.82) is 0 Å². The zero-order chi connectivity index (χ0) is 11.4. The Morgan fingerprint density at radius 2 is 2.12 bits per heavy atom. The molecule has 16 heavy (non-hydrogen) atoms. The van der Waals surface area contributed by atoms with Crippen LogP contribution in [0.15, 0.2) is 36.8 Å². The molecule has 0 spiro atoms. The van der Waals surface area contributed by atoms with E-state index < -0.39 is 0 Å². The molecule has 0 aromatic carbocycles. The zero-order valence-corrected chi connectivity index (χ0v) is 9.15. The van der Waals surface area contributed by atoms with Gasteiger partial charge in [0.05, 0.1) is 35.3 Å². The summed E-state index contributed by atoms with van der Waals surface area (Å²) >= 11 is 5.95. The number of halogens is 1.